The molecule has 4 aromatic carbocycles. The van der Waals surface area contributed by atoms with Gasteiger partial charge in [0.05, 0.1) is 19.7 Å². The molecule has 0 fully saturated rings. The fourth-order valence-corrected chi connectivity index (χ4v) is 4.36. The van der Waals surface area contributed by atoms with E-state index in [0.29, 0.717) is 6.54 Å². The fourth-order valence-electron chi connectivity index (χ4n) is 4.36. The van der Waals surface area contributed by atoms with Gasteiger partial charge in [-0.05, 0) is 38.2 Å². The van der Waals surface area contributed by atoms with E-state index < -0.39 is 0 Å². The van der Waals surface area contributed by atoms with Gasteiger partial charge in [-0.3, -0.25) is 4.90 Å². The lowest BCUT2D eigenvalue weighted by molar-refractivity contribution is 0.123. The van der Waals surface area contributed by atoms with Crippen molar-refractivity contribution in [2.75, 3.05) is 13.7 Å². The summed E-state index contributed by atoms with van der Waals surface area (Å²) in [6.45, 7) is 0.522. The van der Waals surface area contributed by atoms with Crippen molar-refractivity contribution in [3.8, 4) is 0 Å². The molecule has 1 unspecified atom stereocenters. The van der Waals surface area contributed by atoms with Gasteiger partial charge in [-0.15, -0.1) is 0 Å². The first kappa shape index (κ1) is 17.5. The molecule has 0 bridgehead atoms. The van der Waals surface area contributed by atoms with Crippen LogP contribution < -0.4 is 0 Å². The van der Waals surface area contributed by atoms with E-state index in [9.17, 15) is 4.79 Å². The van der Waals surface area contributed by atoms with E-state index in [1.54, 1.807) is 4.90 Å². The fraction of sp³-hybridized carbons (Fsp3) is 0.115. The predicted molar refractivity (Wildman–Crippen MR) is 118 cm³/mol. The molecule has 0 aromatic heterocycles. The van der Waals surface area contributed by atoms with Crippen molar-refractivity contribution in [1.29, 1.82) is 0 Å². The number of hydrogen-bond acceptors (Lipinski definition) is 2. The van der Waals surface area contributed by atoms with Crippen molar-refractivity contribution in [3.05, 3.63) is 102 Å². The maximum atomic E-state index is 12.6. The van der Waals surface area contributed by atoms with Crippen molar-refractivity contribution in [1.82, 2.24) is 4.90 Å². The molecule has 1 heterocycles. The normalized spacial score (nSPS) is 16.2. The summed E-state index contributed by atoms with van der Waals surface area (Å²) >= 11 is 0. The summed E-state index contributed by atoms with van der Waals surface area (Å²) in [5, 5.41) is 4.72. The van der Waals surface area contributed by atoms with Gasteiger partial charge in [0.1, 0.15) is 0 Å². The molecule has 3 heteroatoms. The van der Waals surface area contributed by atoms with Crippen LogP contribution in [-0.2, 0) is 4.74 Å². The second-order valence-electron chi connectivity index (χ2n) is 7.33. The van der Waals surface area contributed by atoms with Crippen LogP contribution in [0.15, 0.2) is 91.0 Å². The Morgan fingerprint density at radius 2 is 1.45 bits per heavy atom. The molecule has 142 valence electrons. The molecule has 4 aromatic rings. The minimum atomic E-state index is -0.311. The number of carbonyl (C=O) groups excluding carboxylic acids is 1. The van der Waals surface area contributed by atoms with Gasteiger partial charge >= 0.3 is 6.09 Å². The van der Waals surface area contributed by atoms with Crippen molar-refractivity contribution in [2.45, 2.75) is 6.04 Å². The molecule has 1 aliphatic rings. The van der Waals surface area contributed by atoms with E-state index in [-0.39, 0.29) is 12.1 Å². The molecule has 0 aliphatic carbocycles. The summed E-state index contributed by atoms with van der Waals surface area (Å²) in [6, 6.07) is 29.1. The number of methoxy groups -OCH3 is 1. The van der Waals surface area contributed by atoms with Crippen molar-refractivity contribution in [3.63, 3.8) is 0 Å². The average molecular weight is 379 g/mol. The number of hydrogen-bond donors (Lipinski definition) is 0. The number of rotatable bonds is 2. The number of ether oxygens (including phenoxy) is 1. The van der Waals surface area contributed by atoms with Crippen LogP contribution in [0.5, 0.6) is 0 Å². The second kappa shape index (κ2) is 7.10. The van der Waals surface area contributed by atoms with Gasteiger partial charge in [-0.1, -0.05) is 91.0 Å². The number of nitrogens with zero attached hydrogens (tertiary/aromatic N) is 1. The first-order chi connectivity index (χ1) is 14.3. The molecule has 5 rings (SSSR count). The molecule has 0 spiro atoms. The average Bonchev–Trinajstić information content (AvgIpc) is 3.23. The number of carbonyl (C=O) groups is 1. The maximum Gasteiger partial charge on any atom is 0.410 e. The molecule has 0 radical (unpaired) electrons. The van der Waals surface area contributed by atoms with Gasteiger partial charge in [-0.2, -0.15) is 0 Å². The zero-order valence-corrected chi connectivity index (χ0v) is 16.2. The first-order valence-corrected chi connectivity index (χ1v) is 9.77. The summed E-state index contributed by atoms with van der Waals surface area (Å²) in [5.41, 5.74) is 3.42. The van der Waals surface area contributed by atoms with Crippen LogP contribution in [0.3, 0.4) is 0 Å². The van der Waals surface area contributed by atoms with E-state index in [0.717, 1.165) is 16.5 Å². The molecule has 1 amide bonds. The molecule has 0 N–H and O–H groups in total. The standard InChI is InChI=1S/C26H21NO2/c1-29-26(28)27-17-20(23-14-6-10-18-8-2-4-12-21(18)23)16-25(27)24-15-7-11-19-9-3-5-13-22(19)24/h2-16,25H,17H2,1H3. The Kier molecular flexibility index (Phi) is 4.28. The van der Waals surface area contributed by atoms with Crippen LogP contribution in [0.1, 0.15) is 17.2 Å². The molecule has 1 atom stereocenters. The Hall–Kier alpha value is -3.59. The van der Waals surface area contributed by atoms with Gasteiger partial charge in [0.2, 0.25) is 0 Å². The number of amides is 1. The lowest BCUT2D eigenvalue weighted by Crippen LogP contribution is -2.31. The van der Waals surface area contributed by atoms with Crippen LogP contribution in [0.4, 0.5) is 4.79 Å². The molecule has 29 heavy (non-hydrogen) atoms. The van der Waals surface area contributed by atoms with E-state index in [2.05, 4.69) is 78.9 Å². The Morgan fingerprint density at radius 3 is 2.21 bits per heavy atom. The third-order valence-electron chi connectivity index (χ3n) is 5.72. The zero-order chi connectivity index (χ0) is 19.8. The minimum Gasteiger partial charge on any atom is -0.453 e. The quantitative estimate of drug-likeness (QED) is 0.415. The lowest BCUT2D eigenvalue weighted by Gasteiger charge is -2.24. The highest BCUT2D eigenvalue weighted by atomic mass is 16.5. The van der Waals surface area contributed by atoms with E-state index >= 15 is 0 Å². The smallest absolute Gasteiger partial charge is 0.410 e. The van der Waals surface area contributed by atoms with Crippen LogP contribution in [0.2, 0.25) is 0 Å². The Labute approximate surface area is 169 Å². The van der Waals surface area contributed by atoms with E-state index in [4.69, 9.17) is 4.74 Å². The highest BCUT2D eigenvalue weighted by Gasteiger charge is 2.32. The predicted octanol–water partition coefficient (Wildman–Crippen LogP) is 6.20. The van der Waals surface area contributed by atoms with Crippen LogP contribution in [0, 0.1) is 0 Å². The van der Waals surface area contributed by atoms with Gasteiger partial charge in [0, 0.05) is 0 Å². The molecular weight excluding hydrogens is 358 g/mol. The van der Waals surface area contributed by atoms with Crippen LogP contribution >= 0.6 is 0 Å². The highest BCUT2D eigenvalue weighted by Crippen LogP contribution is 2.39. The van der Waals surface area contributed by atoms with Gasteiger partial charge in [0.25, 0.3) is 0 Å². The minimum absolute atomic E-state index is 0.164. The molecule has 0 saturated carbocycles. The first-order valence-electron chi connectivity index (χ1n) is 9.77. The highest BCUT2D eigenvalue weighted by molar-refractivity contribution is 5.96. The van der Waals surface area contributed by atoms with Crippen LogP contribution in [-0.4, -0.2) is 24.6 Å². The summed E-state index contributed by atoms with van der Waals surface area (Å²) in [4.78, 5) is 14.4. The van der Waals surface area contributed by atoms with Gasteiger partial charge < -0.3 is 4.74 Å². The molecule has 3 nitrogen and oxygen atoms in total. The lowest BCUT2D eigenvalue weighted by atomic mass is 9.96. The Bertz CT molecular complexity index is 1250. The zero-order valence-electron chi connectivity index (χ0n) is 16.2. The number of benzene rings is 4. The monoisotopic (exact) mass is 379 g/mol. The largest absolute Gasteiger partial charge is 0.453 e. The summed E-state index contributed by atoms with van der Waals surface area (Å²) in [7, 11) is 1.44. The van der Waals surface area contributed by atoms with Crippen LogP contribution in [0.25, 0.3) is 27.1 Å². The van der Waals surface area contributed by atoms with Gasteiger partial charge in [0.15, 0.2) is 0 Å². The Balaban J connectivity index is 1.68. The summed E-state index contributed by atoms with van der Waals surface area (Å²) < 4.78 is 5.12. The van der Waals surface area contributed by atoms with E-state index in [1.807, 2.05) is 12.1 Å². The summed E-state index contributed by atoms with van der Waals surface area (Å²) in [6.07, 6.45) is 1.90. The molecule has 0 saturated heterocycles. The summed E-state index contributed by atoms with van der Waals surface area (Å²) in [5.74, 6) is 0. The third kappa shape index (κ3) is 2.95. The number of fused-ring (bicyclic) bond motifs is 2. The van der Waals surface area contributed by atoms with Gasteiger partial charge in [-0.25, -0.2) is 4.79 Å². The third-order valence-corrected chi connectivity index (χ3v) is 5.72. The Morgan fingerprint density at radius 1 is 0.828 bits per heavy atom. The van der Waals surface area contributed by atoms with E-state index in [1.165, 1.54) is 28.8 Å². The second-order valence-corrected chi connectivity index (χ2v) is 7.33. The maximum absolute atomic E-state index is 12.6. The van der Waals surface area contributed by atoms with Crippen molar-refractivity contribution in [2.24, 2.45) is 0 Å². The van der Waals surface area contributed by atoms with Crippen molar-refractivity contribution >= 4 is 33.2 Å². The molecular formula is C26H21NO2. The van der Waals surface area contributed by atoms with Crippen molar-refractivity contribution < 1.29 is 9.53 Å². The molecule has 1 aliphatic heterocycles. The topological polar surface area (TPSA) is 29.5 Å². The SMILES string of the molecule is COC(=O)N1CC(c2cccc3ccccc23)=CC1c1cccc2ccccc12.